The molecule has 15 heavy (non-hydrogen) atoms. The van der Waals surface area contributed by atoms with Gasteiger partial charge in [0, 0.05) is 16.9 Å². The van der Waals surface area contributed by atoms with Gasteiger partial charge in [0.25, 0.3) is 0 Å². The van der Waals surface area contributed by atoms with Gasteiger partial charge in [-0.05, 0) is 24.7 Å². The minimum Gasteiger partial charge on any atom is -0.476 e. The molecule has 0 spiro atoms. The van der Waals surface area contributed by atoms with E-state index < -0.39 is 5.97 Å². The fourth-order valence-corrected chi connectivity index (χ4v) is 3.13. The van der Waals surface area contributed by atoms with Crippen molar-refractivity contribution in [3.05, 3.63) is 17.5 Å². The zero-order valence-electron chi connectivity index (χ0n) is 8.62. The summed E-state index contributed by atoms with van der Waals surface area (Å²) in [6.45, 7) is 2.16. The summed E-state index contributed by atoms with van der Waals surface area (Å²) in [5.41, 5.74) is 1.12. The highest BCUT2D eigenvalue weighted by atomic mass is 32.2. The SMILES string of the molecule is CC1(c2cc(C(=O)O)n[nH]2)CCCSC1. The number of thioether (sulfide) groups is 1. The number of aromatic carboxylic acids is 1. The molecule has 1 unspecified atom stereocenters. The van der Waals surface area contributed by atoms with Crippen molar-refractivity contribution >= 4 is 17.7 Å². The van der Waals surface area contributed by atoms with Crippen LogP contribution in [0.5, 0.6) is 0 Å². The predicted octanol–water partition coefficient (Wildman–Crippen LogP) is 1.89. The van der Waals surface area contributed by atoms with Gasteiger partial charge in [-0.1, -0.05) is 6.92 Å². The molecule has 1 saturated heterocycles. The molecule has 2 N–H and O–H groups in total. The van der Waals surface area contributed by atoms with E-state index in [2.05, 4.69) is 17.1 Å². The minimum absolute atomic E-state index is 0.0591. The number of carboxylic acids is 1. The second-order valence-corrected chi connectivity index (χ2v) is 5.29. The molecule has 0 aromatic carbocycles. The lowest BCUT2D eigenvalue weighted by atomic mass is 9.84. The lowest BCUT2D eigenvalue weighted by Gasteiger charge is -2.31. The molecule has 82 valence electrons. The molecule has 1 atom stereocenters. The fraction of sp³-hybridized carbons (Fsp3) is 0.600. The molecule has 2 heterocycles. The number of carboxylic acid groups (broad SMARTS) is 1. The third kappa shape index (κ3) is 2.02. The Kier molecular flexibility index (Phi) is 2.73. The van der Waals surface area contributed by atoms with Crippen LogP contribution in [0.25, 0.3) is 0 Å². The van der Waals surface area contributed by atoms with Gasteiger partial charge >= 0.3 is 5.97 Å². The van der Waals surface area contributed by atoms with Gasteiger partial charge in [-0.2, -0.15) is 16.9 Å². The van der Waals surface area contributed by atoms with Crippen LogP contribution in [-0.4, -0.2) is 32.8 Å². The Morgan fingerprint density at radius 1 is 1.73 bits per heavy atom. The van der Waals surface area contributed by atoms with Gasteiger partial charge in [0.05, 0.1) is 0 Å². The number of hydrogen-bond acceptors (Lipinski definition) is 3. The number of carbonyl (C=O) groups is 1. The van der Waals surface area contributed by atoms with Crippen molar-refractivity contribution in [2.24, 2.45) is 0 Å². The number of nitrogens with zero attached hydrogens (tertiary/aromatic N) is 1. The second-order valence-electron chi connectivity index (χ2n) is 4.19. The molecule has 2 rings (SSSR count). The molecule has 0 bridgehead atoms. The van der Waals surface area contributed by atoms with Crippen LogP contribution >= 0.6 is 11.8 Å². The Labute approximate surface area is 92.5 Å². The van der Waals surface area contributed by atoms with Gasteiger partial charge in [0.15, 0.2) is 5.69 Å². The van der Waals surface area contributed by atoms with Crippen molar-refractivity contribution < 1.29 is 9.90 Å². The van der Waals surface area contributed by atoms with E-state index in [-0.39, 0.29) is 11.1 Å². The van der Waals surface area contributed by atoms with Crippen molar-refractivity contribution in [3.63, 3.8) is 0 Å². The molecule has 0 aliphatic carbocycles. The predicted molar refractivity (Wildman–Crippen MR) is 59.5 cm³/mol. The second kappa shape index (κ2) is 3.89. The third-order valence-electron chi connectivity index (χ3n) is 2.89. The largest absolute Gasteiger partial charge is 0.476 e. The van der Waals surface area contributed by atoms with Crippen molar-refractivity contribution in [1.82, 2.24) is 10.2 Å². The van der Waals surface area contributed by atoms with E-state index >= 15 is 0 Å². The molecule has 0 amide bonds. The first kappa shape index (κ1) is 10.5. The number of aromatic nitrogens is 2. The van der Waals surface area contributed by atoms with E-state index in [0.717, 1.165) is 17.9 Å². The van der Waals surface area contributed by atoms with Crippen molar-refractivity contribution in [2.45, 2.75) is 25.2 Å². The standard InChI is InChI=1S/C10H14N2O2S/c1-10(3-2-4-15-6-10)8-5-7(9(13)14)11-12-8/h5H,2-4,6H2,1H3,(H,11,12)(H,13,14). The van der Waals surface area contributed by atoms with Gasteiger partial charge in [0.1, 0.15) is 0 Å². The lowest BCUT2D eigenvalue weighted by Crippen LogP contribution is -2.29. The zero-order chi connectivity index (χ0) is 10.9. The molecule has 1 aliphatic heterocycles. The summed E-state index contributed by atoms with van der Waals surface area (Å²) >= 11 is 1.92. The van der Waals surface area contributed by atoms with Crippen molar-refractivity contribution in [2.75, 3.05) is 11.5 Å². The van der Waals surface area contributed by atoms with E-state index in [4.69, 9.17) is 5.11 Å². The molecular formula is C10H14N2O2S. The summed E-state index contributed by atoms with van der Waals surface area (Å²) in [4.78, 5) is 10.7. The average molecular weight is 226 g/mol. The molecule has 5 heteroatoms. The number of nitrogens with one attached hydrogen (secondary N) is 1. The van der Waals surface area contributed by atoms with Crippen LogP contribution in [0.2, 0.25) is 0 Å². The Hall–Kier alpha value is -0.970. The first-order valence-corrected chi connectivity index (χ1v) is 6.14. The number of hydrogen-bond donors (Lipinski definition) is 2. The number of H-pyrrole nitrogens is 1. The van der Waals surface area contributed by atoms with Gasteiger partial charge in [-0.3, -0.25) is 5.10 Å². The van der Waals surface area contributed by atoms with Crippen molar-refractivity contribution in [1.29, 1.82) is 0 Å². The first-order chi connectivity index (χ1) is 7.12. The highest BCUT2D eigenvalue weighted by molar-refractivity contribution is 7.99. The van der Waals surface area contributed by atoms with Crippen LogP contribution in [-0.2, 0) is 5.41 Å². The molecule has 0 radical (unpaired) electrons. The fourth-order valence-electron chi connectivity index (χ4n) is 1.89. The maximum absolute atomic E-state index is 10.7. The molecule has 1 fully saturated rings. The quantitative estimate of drug-likeness (QED) is 0.808. The van der Waals surface area contributed by atoms with Crippen molar-refractivity contribution in [3.8, 4) is 0 Å². The summed E-state index contributed by atoms with van der Waals surface area (Å²) in [6.07, 6.45) is 2.28. The zero-order valence-corrected chi connectivity index (χ0v) is 9.43. The molecule has 1 aliphatic rings. The van der Waals surface area contributed by atoms with Gasteiger partial charge in [-0.25, -0.2) is 4.79 Å². The van der Waals surface area contributed by atoms with Crippen LogP contribution in [0.3, 0.4) is 0 Å². The Balaban J connectivity index is 2.23. The summed E-state index contributed by atoms with van der Waals surface area (Å²) in [7, 11) is 0. The molecule has 1 aromatic rings. The molecule has 0 saturated carbocycles. The summed E-state index contributed by atoms with van der Waals surface area (Å²) in [6, 6.07) is 1.66. The van der Waals surface area contributed by atoms with Crippen LogP contribution in [0.15, 0.2) is 6.07 Å². The lowest BCUT2D eigenvalue weighted by molar-refractivity contribution is 0.0690. The van der Waals surface area contributed by atoms with E-state index in [1.807, 2.05) is 11.8 Å². The summed E-state index contributed by atoms with van der Waals surface area (Å²) in [5, 5.41) is 15.4. The highest BCUT2D eigenvalue weighted by Crippen LogP contribution is 2.36. The van der Waals surface area contributed by atoms with Gasteiger partial charge in [-0.15, -0.1) is 0 Å². The third-order valence-corrected chi connectivity index (χ3v) is 4.30. The van der Waals surface area contributed by atoms with E-state index in [1.54, 1.807) is 6.07 Å². The van der Waals surface area contributed by atoms with E-state index in [0.29, 0.717) is 0 Å². The normalized spacial score (nSPS) is 26.5. The highest BCUT2D eigenvalue weighted by Gasteiger charge is 2.31. The maximum atomic E-state index is 10.7. The first-order valence-electron chi connectivity index (χ1n) is 4.99. The van der Waals surface area contributed by atoms with E-state index in [1.165, 1.54) is 12.2 Å². The van der Waals surface area contributed by atoms with Crippen LogP contribution in [0.4, 0.5) is 0 Å². The molecular weight excluding hydrogens is 212 g/mol. The smallest absolute Gasteiger partial charge is 0.356 e. The Morgan fingerprint density at radius 3 is 3.07 bits per heavy atom. The number of aromatic amines is 1. The Morgan fingerprint density at radius 2 is 2.53 bits per heavy atom. The van der Waals surface area contributed by atoms with Crippen LogP contribution < -0.4 is 0 Å². The van der Waals surface area contributed by atoms with Crippen LogP contribution in [0, 0.1) is 0 Å². The van der Waals surface area contributed by atoms with Gasteiger partial charge in [0.2, 0.25) is 0 Å². The molecule has 1 aromatic heterocycles. The average Bonchev–Trinajstić information content (AvgIpc) is 2.68. The Bertz CT molecular complexity index is 369. The van der Waals surface area contributed by atoms with E-state index in [9.17, 15) is 4.79 Å². The number of rotatable bonds is 2. The topological polar surface area (TPSA) is 66.0 Å². The maximum Gasteiger partial charge on any atom is 0.356 e. The summed E-state index contributed by atoms with van der Waals surface area (Å²) < 4.78 is 0. The van der Waals surface area contributed by atoms with Gasteiger partial charge < -0.3 is 5.11 Å². The minimum atomic E-state index is -0.968. The van der Waals surface area contributed by atoms with Crippen LogP contribution in [0.1, 0.15) is 35.9 Å². The monoisotopic (exact) mass is 226 g/mol. The molecule has 4 nitrogen and oxygen atoms in total. The summed E-state index contributed by atoms with van der Waals surface area (Å²) in [5.74, 6) is 1.27.